The van der Waals surface area contributed by atoms with Crippen LogP contribution in [0.4, 0.5) is 17.1 Å². The average molecular weight is 1450 g/mol. The van der Waals surface area contributed by atoms with E-state index in [0.29, 0.717) is 58.4 Å². The zero-order valence-electron chi connectivity index (χ0n) is 53.4. The van der Waals surface area contributed by atoms with E-state index in [4.69, 9.17) is 46.6 Å². The van der Waals surface area contributed by atoms with Crippen molar-refractivity contribution >= 4 is 89.0 Å². The number of hydrogen-bond acceptors (Lipinski definition) is 18. The number of carboxylic acids is 6. The van der Waals surface area contributed by atoms with Crippen LogP contribution in [0, 0.1) is 68.3 Å². The number of hydrogen-bond donors (Lipinski definition) is 9. The Labute approximate surface area is 589 Å². The topological polar surface area (TPSA) is 409 Å². The summed E-state index contributed by atoms with van der Waals surface area (Å²) in [5.74, 6) is -4.54. The summed E-state index contributed by atoms with van der Waals surface area (Å²) in [7, 11) is 0. The van der Waals surface area contributed by atoms with E-state index in [1.807, 2.05) is 72.8 Å². The molecule has 0 unspecified atom stereocenters. The van der Waals surface area contributed by atoms with Crippen LogP contribution in [0.5, 0.6) is 0 Å². The van der Waals surface area contributed by atoms with Gasteiger partial charge in [-0.05, 0) is 194 Å². The first-order valence-electron chi connectivity index (χ1n) is 30.7. The van der Waals surface area contributed by atoms with Crippen molar-refractivity contribution in [3.63, 3.8) is 0 Å². The number of para-hydroxylation sites is 2. The van der Waals surface area contributed by atoms with Gasteiger partial charge in [0.15, 0.2) is 0 Å². The van der Waals surface area contributed by atoms with E-state index in [2.05, 4.69) is 70.5 Å². The van der Waals surface area contributed by atoms with E-state index in [1.165, 1.54) is 90.0 Å². The molecule has 4 saturated carbocycles. The number of aliphatic hydroxyl groups is 3. The third kappa shape index (κ3) is 20.1. The van der Waals surface area contributed by atoms with Crippen molar-refractivity contribution in [2.24, 2.45) is 46.3 Å². The first-order valence-corrected chi connectivity index (χ1v) is 31.5. The molecule has 26 heteroatoms. The van der Waals surface area contributed by atoms with Gasteiger partial charge in [-0.2, -0.15) is 10.4 Å². The second-order valence-electron chi connectivity index (χ2n) is 24.1. The van der Waals surface area contributed by atoms with Crippen molar-refractivity contribution in [1.29, 1.82) is 10.5 Å². The van der Waals surface area contributed by atoms with Gasteiger partial charge in [0.05, 0.1) is 63.3 Å². The number of nitrogens with zero attached hydrogens (tertiary/aromatic N) is 8. The van der Waals surface area contributed by atoms with Gasteiger partial charge >= 0.3 is 55.3 Å². The van der Waals surface area contributed by atoms with Crippen LogP contribution in [-0.2, 0) is 41.7 Å². The van der Waals surface area contributed by atoms with E-state index in [0.717, 1.165) is 62.0 Å². The maximum Gasteiger partial charge on any atom is 2.00 e. The Morgan fingerprint density at radius 3 is 1.42 bits per heavy atom. The molecule has 9 N–H and O–H groups in total. The van der Waals surface area contributed by atoms with Gasteiger partial charge in [-0.25, -0.2) is 29.2 Å². The van der Waals surface area contributed by atoms with Gasteiger partial charge in [-0.3, -0.25) is 24.7 Å². The molecule has 4 aliphatic rings. The summed E-state index contributed by atoms with van der Waals surface area (Å²) < 4.78 is 0. The quantitative estimate of drug-likeness (QED) is 0.00875. The Morgan fingerprint density at radius 2 is 1.04 bits per heavy atom. The first kappa shape index (κ1) is 78.8. The molecule has 4 heterocycles. The molecule has 23 nitrogen and oxygen atoms in total. The van der Waals surface area contributed by atoms with E-state index < -0.39 is 41.9 Å². The molecule has 0 saturated heterocycles. The van der Waals surface area contributed by atoms with Gasteiger partial charge in [-0.1, -0.05) is 86.9 Å². The SMILES string of the molecule is C[C@H](CCC(=O)O)[C@H]1CC[C@H]2[C@@H]3[C@H](O)C[C@@H]4C[C@H](O)CC[C@]4(C)[C@H]3C[C@H](O)[C@]12C.N#C/C(=C\c1ccc(N(c2ccccc2)c2ccccc2)cc1)C(=O)O.N#C[S-].O=C(O)c1ccnc(-c2cc(C(=O)O)ccn2)c1.O=C(O)c1ccnc(-c2cc(C(=O)O)ccn2)c1.[N-]=C=S.[Ru+2]. The Hall–Kier alpha value is -9.88. The van der Waals surface area contributed by atoms with Crippen LogP contribution < -0.4 is 4.90 Å². The number of aliphatic carboxylic acids is 2. The Balaban J connectivity index is 0.000000233. The summed E-state index contributed by atoms with van der Waals surface area (Å²) in [5.41, 5.74) is 4.76. The monoisotopic (exact) mass is 1450 g/mol. The third-order valence-electron chi connectivity index (χ3n) is 18.7. The summed E-state index contributed by atoms with van der Waals surface area (Å²) >= 11 is 7.40. The zero-order chi connectivity index (χ0) is 71.1. The Bertz CT molecular complexity index is 3800. The molecule has 0 radical (unpaired) electrons. The number of aromatic nitrogens is 4. The number of fused-ring (bicyclic) bond motifs is 5. The normalized spacial score (nSPS) is 22.3. The van der Waals surface area contributed by atoms with Crippen molar-refractivity contribution in [3.8, 4) is 34.2 Å². The van der Waals surface area contributed by atoms with E-state index >= 15 is 0 Å². The van der Waals surface area contributed by atoms with Gasteiger partial charge in [-0.15, -0.1) is 0 Å². The molecule has 4 fully saturated rings. The van der Waals surface area contributed by atoms with Crippen LogP contribution in [0.1, 0.15) is 126 Å². The van der Waals surface area contributed by atoms with E-state index in [9.17, 15) is 44.1 Å². The molecular weight excluding hydrogens is 1380 g/mol. The van der Waals surface area contributed by atoms with Gasteiger partial charge in [0, 0.05) is 48.3 Å². The number of benzene rings is 3. The predicted octanol–water partition coefficient (Wildman–Crippen LogP) is 12.3. The van der Waals surface area contributed by atoms with Crippen molar-refractivity contribution in [2.75, 3.05) is 4.90 Å². The fraction of sp³-hybridized carbons (Fsp3) is 0.319. The predicted molar refractivity (Wildman–Crippen MR) is 364 cm³/mol. The molecule has 0 spiro atoms. The van der Waals surface area contributed by atoms with Crippen molar-refractivity contribution in [1.82, 2.24) is 19.9 Å². The Morgan fingerprint density at radius 1 is 0.633 bits per heavy atom. The van der Waals surface area contributed by atoms with Crippen LogP contribution in [0.2, 0.25) is 0 Å². The molecule has 7 aromatic rings. The molecule has 4 aromatic heterocycles. The molecule has 0 aliphatic heterocycles. The molecule has 0 amide bonds. The van der Waals surface area contributed by atoms with Gasteiger partial charge in [0.2, 0.25) is 0 Å². The number of nitriles is 2. The number of thiocarbonyl (C=S) groups is 1. The molecule has 0 bridgehead atoms. The molecular formula is C72H72N8O15RuS2. The minimum absolute atomic E-state index is 0. The van der Waals surface area contributed by atoms with Crippen LogP contribution in [-0.4, -0.2) is 125 Å². The standard InChI is InChI=1S/C24H40O5.C22H16N2O2.2C12H8N2O4.CHNS.CNS.Ru/c1-13(4-7-21(28)29)16-5-6-17-22-18(12-20(27)24(16,17)3)23(2)9-8-15(25)10-14(23)11-19(22)26;23-16-18(22(25)26)15-17-11-13-21(14-12-17)24(19-7-3-1-4-8-19)20-9-5-2-6-10-20;2*15-11(16)7-1-3-13-9(5-7)10-6-8(12(17)18)2-4-14-10;2*2-1-3;/h13-20,22,25-27H,4-12H2,1-3H3,(H,28,29);1-15H,(H,25,26);2*1-6H,(H,15,16)(H,17,18);3H;;/q;;;;;-1;+2/p-1/b;18-15+;;;;;/t13-,14+,15-,16-,17+,18+,19-,20+,22+,23+,24-;;;;;;/m1....../s1. The summed E-state index contributed by atoms with van der Waals surface area (Å²) in [5, 5.41) is 112. The Kier molecular flexibility index (Phi) is 29.8. The molecule has 510 valence electrons. The second kappa shape index (κ2) is 37.0. The molecule has 3 aromatic carbocycles. The summed E-state index contributed by atoms with van der Waals surface area (Å²) in [4.78, 5) is 83.3. The molecule has 4 aliphatic carbocycles. The van der Waals surface area contributed by atoms with Gasteiger partial charge in [0.25, 0.3) is 0 Å². The number of carboxylic acid groups (broad SMARTS) is 6. The number of aliphatic hydroxyl groups excluding tert-OH is 3. The number of rotatable bonds is 15. The van der Waals surface area contributed by atoms with Crippen LogP contribution >= 0.6 is 12.2 Å². The third-order valence-corrected chi connectivity index (χ3v) is 18.7. The zero-order valence-corrected chi connectivity index (χ0v) is 56.7. The summed E-state index contributed by atoms with van der Waals surface area (Å²) in [6.07, 6.45) is 12.7. The number of thiocyanates is 1. The van der Waals surface area contributed by atoms with E-state index in [1.54, 1.807) is 18.2 Å². The maximum absolute atomic E-state index is 11.5. The molecule has 98 heavy (non-hydrogen) atoms. The number of isothiocyanates is 1. The minimum atomic E-state index is -1.23. The molecule has 11 atom stereocenters. The fourth-order valence-corrected chi connectivity index (χ4v) is 14.1. The summed E-state index contributed by atoms with van der Waals surface area (Å²) in [6.45, 7) is 6.72. The number of aromatic carboxylic acids is 4. The molecule has 11 rings (SSSR count). The largest absolute Gasteiger partial charge is 2.00 e. The van der Waals surface area contributed by atoms with Crippen LogP contribution in [0.3, 0.4) is 0 Å². The maximum atomic E-state index is 11.5. The number of anilines is 3. The van der Waals surface area contributed by atoms with Crippen LogP contribution in [0.25, 0.3) is 34.3 Å². The average Bonchev–Trinajstić information content (AvgIpc) is 1.36. The van der Waals surface area contributed by atoms with Crippen molar-refractivity contribution in [2.45, 2.75) is 96.9 Å². The van der Waals surface area contributed by atoms with Crippen molar-refractivity contribution in [3.05, 3.63) is 197 Å². The fourth-order valence-electron chi connectivity index (χ4n) is 14.1. The number of pyridine rings is 4. The second-order valence-corrected chi connectivity index (χ2v) is 24.5. The van der Waals surface area contributed by atoms with Gasteiger partial charge < -0.3 is 68.9 Å². The first-order chi connectivity index (χ1) is 46.3. The van der Waals surface area contributed by atoms with Gasteiger partial charge in [0.1, 0.15) is 11.6 Å². The summed E-state index contributed by atoms with van der Waals surface area (Å²) in [6, 6.07) is 39.9. The van der Waals surface area contributed by atoms with Crippen LogP contribution in [0.15, 0.2) is 164 Å². The van der Waals surface area contributed by atoms with Crippen molar-refractivity contribution < 1.29 is 94.2 Å². The minimum Gasteiger partial charge on any atom is -0.753 e. The van der Waals surface area contributed by atoms with E-state index in [-0.39, 0.29) is 88.6 Å². The number of carbonyl (C=O) groups is 6. The smallest absolute Gasteiger partial charge is 0.753 e.